The number of hydrogen-bond acceptors (Lipinski definition) is 7. The quantitative estimate of drug-likeness (QED) is 0.398. The van der Waals surface area contributed by atoms with Crippen molar-refractivity contribution in [2.75, 3.05) is 0 Å². The number of aromatic nitrogens is 3. The third kappa shape index (κ3) is 7.00. The van der Waals surface area contributed by atoms with Crippen LogP contribution in [-0.2, 0) is 30.1 Å². The van der Waals surface area contributed by atoms with Crippen LogP contribution in [-0.4, -0.2) is 44.2 Å². The predicted octanol–water partition coefficient (Wildman–Crippen LogP) is 5.02. The average Bonchev–Trinajstić information content (AvgIpc) is 3.26. The fraction of sp³-hybridized carbons (Fsp3) is 0.556. The minimum absolute atomic E-state index is 0.000390. The molecular weight excluding hydrogens is 503 g/mol. The van der Waals surface area contributed by atoms with Crippen molar-refractivity contribution in [2.45, 2.75) is 78.3 Å². The van der Waals surface area contributed by atoms with Gasteiger partial charge in [0.15, 0.2) is 11.9 Å². The van der Waals surface area contributed by atoms with Crippen LogP contribution in [0, 0.1) is 17.8 Å². The maximum absolute atomic E-state index is 14.5. The number of carbonyl (C=O) groups is 4. The lowest BCUT2D eigenvalue weighted by atomic mass is 9.68. The minimum atomic E-state index is -4.88. The normalized spacial score (nSPS) is 23.7. The molecule has 0 bridgehead atoms. The lowest BCUT2D eigenvalue weighted by molar-refractivity contribution is -0.202. The van der Waals surface area contributed by atoms with Crippen molar-refractivity contribution in [1.29, 1.82) is 0 Å². The first-order valence-electron chi connectivity index (χ1n) is 12.5. The van der Waals surface area contributed by atoms with Crippen LogP contribution in [0.3, 0.4) is 0 Å². The van der Waals surface area contributed by atoms with E-state index >= 15 is 0 Å². The monoisotopic (exact) mass is 535 g/mol. The first-order valence-corrected chi connectivity index (χ1v) is 12.5. The van der Waals surface area contributed by atoms with E-state index in [4.69, 9.17) is 4.74 Å². The van der Waals surface area contributed by atoms with Gasteiger partial charge in [-0.25, -0.2) is 4.68 Å². The number of Topliss-reactive ketones (excluding diaryl/α,β-unsaturated/α-hetero) is 4. The van der Waals surface area contributed by atoms with Gasteiger partial charge in [0.2, 0.25) is 0 Å². The van der Waals surface area contributed by atoms with Crippen molar-refractivity contribution >= 4 is 23.1 Å². The van der Waals surface area contributed by atoms with E-state index in [1.807, 2.05) is 0 Å². The third-order valence-corrected chi connectivity index (χ3v) is 6.86. The summed E-state index contributed by atoms with van der Waals surface area (Å²) in [6, 6.07) is 7.79. The Bertz CT molecular complexity index is 1180. The van der Waals surface area contributed by atoms with E-state index in [1.165, 1.54) is 39.8 Å². The zero-order chi connectivity index (χ0) is 28.2. The van der Waals surface area contributed by atoms with Crippen LogP contribution in [0.15, 0.2) is 30.3 Å². The second kappa shape index (κ2) is 12.1. The molecule has 1 saturated heterocycles. The van der Waals surface area contributed by atoms with Gasteiger partial charge in [-0.2, -0.15) is 13.2 Å². The number of carbonyl (C=O) groups excluding carboxylic acids is 4. The highest BCUT2D eigenvalue weighted by Crippen LogP contribution is 2.49. The third-order valence-electron chi connectivity index (χ3n) is 6.86. The van der Waals surface area contributed by atoms with Gasteiger partial charge in [0.1, 0.15) is 28.8 Å². The van der Waals surface area contributed by atoms with Gasteiger partial charge in [0.05, 0.1) is 6.10 Å². The highest BCUT2D eigenvalue weighted by Gasteiger charge is 2.50. The first-order chi connectivity index (χ1) is 17.8. The SMILES string of the molecule is CC(=O)CC[C@H]1O[C@@H](n2nnc(-c3ccccc3)c2C(F)(F)F)[C@H](CC(C)=O)[C@@H](CC(C)=O)[C@H]1CC(C)=O. The molecule has 8 nitrogen and oxygen atoms in total. The second-order valence-corrected chi connectivity index (χ2v) is 10.1. The minimum Gasteiger partial charge on any atom is -0.353 e. The van der Waals surface area contributed by atoms with Crippen LogP contribution in [0.4, 0.5) is 13.2 Å². The molecule has 206 valence electrons. The molecule has 1 aliphatic heterocycles. The zero-order valence-electron chi connectivity index (χ0n) is 21.8. The number of benzene rings is 1. The molecule has 0 unspecified atom stereocenters. The second-order valence-electron chi connectivity index (χ2n) is 10.1. The molecule has 5 atom stereocenters. The van der Waals surface area contributed by atoms with E-state index in [1.54, 1.807) is 18.2 Å². The molecule has 1 aliphatic rings. The van der Waals surface area contributed by atoms with Crippen molar-refractivity contribution in [1.82, 2.24) is 15.0 Å². The van der Waals surface area contributed by atoms with Crippen molar-refractivity contribution in [3.63, 3.8) is 0 Å². The molecular formula is C27H32F3N3O5. The Hall–Kier alpha value is -3.21. The summed E-state index contributed by atoms with van der Waals surface area (Å²) in [6.07, 6.45) is -7.11. The topological polar surface area (TPSA) is 108 Å². The van der Waals surface area contributed by atoms with Gasteiger partial charge in [0.25, 0.3) is 0 Å². The summed E-state index contributed by atoms with van der Waals surface area (Å²) in [7, 11) is 0. The van der Waals surface area contributed by atoms with Crippen LogP contribution in [0.1, 0.15) is 71.7 Å². The van der Waals surface area contributed by atoms with E-state index in [2.05, 4.69) is 10.3 Å². The molecule has 1 aromatic carbocycles. The molecule has 38 heavy (non-hydrogen) atoms. The Morgan fingerprint density at radius 3 is 1.92 bits per heavy atom. The molecule has 0 amide bonds. The average molecular weight is 536 g/mol. The van der Waals surface area contributed by atoms with Gasteiger partial charge in [-0.1, -0.05) is 35.5 Å². The zero-order valence-corrected chi connectivity index (χ0v) is 21.8. The van der Waals surface area contributed by atoms with E-state index in [9.17, 15) is 32.3 Å². The van der Waals surface area contributed by atoms with Gasteiger partial charge in [-0.05, 0) is 46.0 Å². The smallest absolute Gasteiger partial charge is 0.353 e. The van der Waals surface area contributed by atoms with Crippen LogP contribution in [0.25, 0.3) is 11.3 Å². The number of halogens is 3. The summed E-state index contributed by atoms with van der Waals surface area (Å²) in [5.41, 5.74) is -1.33. The lowest BCUT2D eigenvalue weighted by Gasteiger charge is -2.47. The van der Waals surface area contributed by atoms with E-state index in [0.717, 1.165) is 0 Å². The fourth-order valence-corrected chi connectivity index (χ4v) is 5.41. The number of alkyl halides is 3. The fourth-order valence-electron chi connectivity index (χ4n) is 5.41. The van der Waals surface area contributed by atoms with Crippen molar-refractivity contribution in [2.24, 2.45) is 17.8 Å². The van der Waals surface area contributed by atoms with Crippen LogP contribution in [0.5, 0.6) is 0 Å². The Morgan fingerprint density at radius 1 is 0.842 bits per heavy atom. The van der Waals surface area contributed by atoms with Crippen LogP contribution >= 0.6 is 0 Å². The van der Waals surface area contributed by atoms with Gasteiger partial charge in [-0.3, -0.25) is 0 Å². The molecule has 11 heteroatoms. The Balaban J connectivity index is 2.21. The molecule has 3 rings (SSSR count). The summed E-state index contributed by atoms with van der Waals surface area (Å²) < 4.78 is 50.4. The van der Waals surface area contributed by atoms with Gasteiger partial charge < -0.3 is 23.9 Å². The van der Waals surface area contributed by atoms with Gasteiger partial charge in [-0.15, -0.1) is 5.10 Å². The largest absolute Gasteiger partial charge is 0.435 e. The Kier molecular flexibility index (Phi) is 9.35. The Morgan fingerprint density at radius 2 is 1.39 bits per heavy atom. The van der Waals surface area contributed by atoms with E-state index in [0.29, 0.717) is 4.68 Å². The van der Waals surface area contributed by atoms with Gasteiger partial charge in [0, 0.05) is 37.2 Å². The van der Waals surface area contributed by atoms with E-state index < -0.39 is 47.6 Å². The summed E-state index contributed by atoms with van der Waals surface area (Å²) in [5.74, 6) is -2.99. The highest BCUT2D eigenvalue weighted by molar-refractivity contribution is 5.78. The molecule has 0 saturated carbocycles. The molecule has 0 radical (unpaired) electrons. The summed E-state index contributed by atoms with van der Waals surface area (Å²) in [4.78, 5) is 48.6. The summed E-state index contributed by atoms with van der Waals surface area (Å²) in [5, 5.41) is 7.71. The molecule has 0 N–H and O–H groups in total. The molecule has 2 heterocycles. The first kappa shape index (κ1) is 29.3. The number of hydrogen-bond donors (Lipinski definition) is 0. The molecule has 1 fully saturated rings. The number of rotatable bonds is 11. The van der Waals surface area contributed by atoms with Crippen molar-refractivity contribution < 1.29 is 37.1 Å². The summed E-state index contributed by atoms with van der Waals surface area (Å²) >= 11 is 0. The lowest BCUT2D eigenvalue weighted by Crippen LogP contribution is -2.48. The Labute approximate surface area is 218 Å². The molecule has 1 aromatic heterocycles. The maximum atomic E-state index is 14.5. The van der Waals surface area contributed by atoms with Crippen LogP contribution in [0.2, 0.25) is 0 Å². The predicted molar refractivity (Wildman–Crippen MR) is 131 cm³/mol. The molecule has 0 spiro atoms. The van der Waals surface area contributed by atoms with E-state index in [-0.39, 0.29) is 60.8 Å². The highest BCUT2D eigenvalue weighted by atomic mass is 19.4. The number of ether oxygens (including phenoxy) is 1. The molecule has 2 aromatic rings. The van der Waals surface area contributed by atoms with Crippen molar-refractivity contribution in [3.8, 4) is 11.3 Å². The standard InChI is InChI=1S/C27H32F3N3O5/c1-15(34)10-11-23-21(13-17(3)36)20(12-16(2)35)22(14-18(4)37)26(38-23)33-25(27(28,29)30)24(31-32-33)19-8-6-5-7-9-19/h5-9,20-23,26H,10-14H2,1-4H3/t20-,21+,22+,23+,26+/m0/s1. The van der Waals surface area contributed by atoms with Crippen molar-refractivity contribution in [3.05, 3.63) is 36.0 Å². The van der Waals surface area contributed by atoms with Gasteiger partial charge >= 0.3 is 6.18 Å². The van der Waals surface area contributed by atoms with Crippen LogP contribution < -0.4 is 0 Å². The number of nitrogens with zero attached hydrogens (tertiary/aromatic N) is 3. The molecule has 0 aliphatic carbocycles. The number of ketones is 4. The maximum Gasteiger partial charge on any atom is 0.435 e. The summed E-state index contributed by atoms with van der Waals surface area (Å²) in [6.45, 7) is 5.43.